The van der Waals surface area contributed by atoms with Gasteiger partial charge in [-0.3, -0.25) is 4.90 Å². The predicted octanol–water partition coefficient (Wildman–Crippen LogP) is 0.963. The third-order valence-corrected chi connectivity index (χ3v) is 2.88. The highest BCUT2D eigenvalue weighted by Gasteiger charge is 2.58. The molecule has 0 aromatic heterocycles. The van der Waals surface area contributed by atoms with Crippen LogP contribution in [0.1, 0.15) is 20.3 Å². The summed E-state index contributed by atoms with van der Waals surface area (Å²) in [6.45, 7) is 2.59. The number of carbonyl (C=O) groups excluding carboxylic acids is 1. The van der Waals surface area contributed by atoms with Gasteiger partial charge in [0.25, 0.3) is 0 Å². The fourth-order valence-electron chi connectivity index (χ4n) is 1.59. The van der Waals surface area contributed by atoms with Crippen LogP contribution in [0.5, 0.6) is 0 Å². The molecule has 1 N–H and O–H groups in total. The molecule has 1 heterocycles. The summed E-state index contributed by atoms with van der Waals surface area (Å²) in [4.78, 5) is 12.0. The van der Waals surface area contributed by atoms with Gasteiger partial charge in [0.15, 0.2) is 5.60 Å². The van der Waals surface area contributed by atoms with Gasteiger partial charge in [0.2, 0.25) is 0 Å². The molecule has 1 unspecified atom stereocenters. The lowest BCUT2D eigenvalue weighted by molar-refractivity contribution is -0.254. The van der Waals surface area contributed by atoms with Gasteiger partial charge < -0.3 is 9.90 Å². The van der Waals surface area contributed by atoms with E-state index >= 15 is 0 Å². The Morgan fingerprint density at radius 1 is 1.40 bits per heavy atom. The van der Waals surface area contributed by atoms with E-state index in [1.165, 1.54) is 18.7 Å². The minimum atomic E-state index is -4.64. The van der Waals surface area contributed by atoms with Crippen LogP contribution in [0.25, 0.3) is 0 Å². The van der Waals surface area contributed by atoms with Crippen molar-refractivity contribution < 1.29 is 23.1 Å². The second kappa shape index (κ2) is 3.45. The molecule has 0 aromatic carbocycles. The van der Waals surface area contributed by atoms with Crippen LogP contribution >= 0.6 is 0 Å². The van der Waals surface area contributed by atoms with Gasteiger partial charge in [0.1, 0.15) is 6.29 Å². The average Bonchev–Trinajstić information content (AvgIpc) is 2.49. The quantitative estimate of drug-likeness (QED) is 0.712. The van der Waals surface area contributed by atoms with Crippen LogP contribution in [0.2, 0.25) is 0 Å². The first kappa shape index (κ1) is 12.4. The third-order valence-electron chi connectivity index (χ3n) is 2.88. The zero-order valence-corrected chi connectivity index (χ0v) is 8.64. The lowest BCUT2D eigenvalue weighted by Gasteiger charge is -2.32. The molecule has 0 spiro atoms. The second-order valence-electron chi connectivity index (χ2n) is 4.47. The van der Waals surface area contributed by atoms with Crippen molar-refractivity contribution in [1.82, 2.24) is 4.90 Å². The van der Waals surface area contributed by atoms with Crippen molar-refractivity contribution >= 4 is 6.29 Å². The summed E-state index contributed by atoms with van der Waals surface area (Å²) in [6.07, 6.45) is -4.43. The highest BCUT2D eigenvalue weighted by molar-refractivity contribution is 5.62. The minimum Gasteiger partial charge on any atom is -0.379 e. The first-order valence-corrected chi connectivity index (χ1v) is 4.63. The van der Waals surface area contributed by atoms with E-state index in [1.54, 1.807) is 0 Å². The Balaban J connectivity index is 2.80. The summed E-state index contributed by atoms with van der Waals surface area (Å²) in [5.74, 6) is 0. The fourth-order valence-corrected chi connectivity index (χ4v) is 1.59. The van der Waals surface area contributed by atoms with Crippen molar-refractivity contribution in [3.05, 3.63) is 0 Å². The van der Waals surface area contributed by atoms with Gasteiger partial charge in [-0.25, -0.2) is 0 Å². The van der Waals surface area contributed by atoms with Crippen LogP contribution < -0.4 is 0 Å². The van der Waals surface area contributed by atoms with Crippen LogP contribution in [0, 0.1) is 0 Å². The molecule has 0 aromatic rings. The molecule has 1 aliphatic rings. The number of carbonyl (C=O) groups is 1. The summed E-state index contributed by atoms with van der Waals surface area (Å²) in [5.41, 5.74) is -3.64. The smallest absolute Gasteiger partial charge is 0.379 e. The number of halogens is 3. The van der Waals surface area contributed by atoms with Gasteiger partial charge in [-0.2, -0.15) is 13.2 Å². The maximum Gasteiger partial charge on any atom is 0.418 e. The van der Waals surface area contributed by atoms with E-state index < -0.39 is 23.9 Å². The predicted molar refractivity (Wildman–Crippen MR) is 47.3 cm³/mol. The van der Waals surface area contributed by atoms with Crippen LogP contribution in [0.15, 0.2) is 0 Å². The zero-order valence-electron chi connectivity index (χ0n) is 8.64. The molecule has 0 saturated carbocycles. The summed E-state index contributed by atoms with van der Waals surface area (Å²) in [7, 11) is 0. The Kier molecular flexibility index (Phi) is 2.86. The third kappa shape index (κ3) is 2.15. The molecule has 0 bridgehead atoms. The lowest BCUT2D eigenvalue weighted by Crippen LogP contribution is -2.51. The topological polar surface area (TPSA) is 40.5 Å². The van der Waals surface area contributed by atoms with Crippen molar-refractivity contribution in [2.24, 2.45) is 0 Å². The molecule has 1 rings (SSSR count). The molecular formula is C9H14F3NO2. The SMILES string of the molecule is CC(C)(C=O)N1CCC(O)(C(F)(F)F)C1. The Morgan fingerprint density at radius 3 is 2.27 bits per heavy atom. The van der Waals surface area contributed by atoms with Gasteiger partial charge >= 0.3 is 6.18 Å². The Bertz CT molecular complexity index is 265. The first-order chi connectivity index (χ1) is 6.62. The number of hydrogen-bond donors (Lipinski definition) is 1. The summed E-state index contributed by atoms with van der Waals surface area (Å²) < 4.78 is 37.3. The standard InChI is InChI=1S/C9H14F3NO2/c1-7(2,6-14)13-4-3-8(15,5-13)9(10,11)12/h6,15H,3-5H2,1-2H3. The summed E-state index contributed by atoms with van der Waals surface area (Å²) >= 11 is 0. The molecule has 1 saturated heterocycles. The number of nitrogens with zero attached hydrogens (tertiary/aromatic N) is 1. The van der Waals surface area contributed by atoms with Gasteiger partial charge in [0, 0.05) is 13.1 Å². The van der Waals surface area contributed by atoms with E-state index in [2.05, 4.69) is 0 Å². The molecule has 1 aliphatic heterocycles. The zero-order chi connectivity index (χ0) is 11.9. The van der Waals surface area contributed by atoms with E-state index in [1.807, 2.05) is 0 Å². The van der Waals surface area contributed by atoms with E-state index in [-0.39, 0.29) is 13.0 Å². The van der Waals surface area contributed by atoms with E-state index in [4.69, 9.17) is 0 Å². The molecule has 6 heteroatoms. The molecule has 0 aliphatic carbocycles. The highest BCUT2D eigenvalue weighted by atomic mass is 19.4. The fraction of sp³-hybridized carbons (Fsp3) is 0.889. The number of aldehydes is 1. The number of likely N-dealkylation sites (tertiary alicyclic amines) is 1. The van der Waals surface area contributed by atoms with Crippen LogP contribution in [0.4, 0.5) is 13.2 Å². The molecule has 1 fully saturated rings. The highest BCUT2D eigenvalue weighted by Crippen LogP contribution is 2.39. The largest absolute Gasteiger partial charge is 0.418 e. The van der Waals surface area contributed by atoms with Gasteiger partial charge in [-0.05, 0) is 20.3 Å². The molecule has 3 nitrogen and oxygen atoms in total. The summed E-state index contributed by atoms with van der Waals surface area (Å²) in [6, 6.07) is 0. The van der Waals surface area contributed by atoms with Gasteiger partial charge in [-0.15, -0.1) is 0 Å². The van der Waals surface area contributed by atoms with Gasteiger partial charge in [0.05, 0.1) is 5.54 Å². The molecule has 0 radical (unpaired) electrons. The number of β-amino-alcohol motifs (C(OH)–C–C–N with tert-alkyl or cyclic N) is 1. The number of rotatable bonds is 2. The van der Waals surface area contributed by atoms with Crippen molar-refractivity contribution in [2.75, 3.05) is 13.1 Å². The van der Waals surface area contributed by atoms with Crippen molar-refractivity contribution in [2.45, 2.75) is 37.6 Å². The van der Waals surface area contributed by atoms with E-state index in [0.29, 0.717) is 6.29 Å². The first-order valence-electron chi connectivity index (χ1n) is 4.63. The van der Waals surface area contributed by atoms with E-state index in [0.717, 1.165) is 0 Å². The molecule has 15 heavy (non-hydrogen) atoms. The maximum atomic E-state index is 12.4. The molecule has 1 atom stereocenters. The molecule has 0 amide bonds. The molecule has 88 valence electrons. The maximum absolute atomic E-state index is 12.4. The van der Waals surface area contributed by atoms with Crippen LogP contribution in [-0.2, 0) is 4.79 Å². The molecular weight excluding hydrogens is 211 g/mol. The minimum absolute atomic E-state index is 0.0712. The van der Waals surface area contributed by atoms with Crippen molar-refractivity contribution in [3.8, 4) is 0 Å². The second-order valence-corrected chi connectivity index (χ2v) is 4.47. The van der Waals surface area contributed by atoms with Crippen molar-refractivity contribution in [3.63, 3.8) is 0 Å². The summed E-state index contributed by atoms with van der Waals surface area (Å²) in [5, 5.41) is 9.37. The van der Waals surface area contributed by atoms with E-state index in [9.17, 15) is 23.1 Å². The Hall–Kier alpha value is -0.620. The number of aliphatic hydroxyl groups is 1. The number of hydrogen-bond acceptors (Lipinski definition) is 3. The normalized spacial score (nSPS) is 29.5. The van der Waals surface area contributed by atoms with Gasteiger partial charge in [-0.1, -0.05) is 0 Å². The number of alkyl halides is 3. The van der Waals surface area contributed by atoms with Crippen LogP contribution in [-0.4, -0.2) is 46.7 Å². The Morgan fingerprint density at radius 2 is 1.93 bits per heavy atom. The van der Waals surface area contributed by atoms with Crippen molar-refractivity contribution in [1.29, 1.82) is 0 Å². The Labute approximate surface area is 85.9 Å². The average molecular weight is 225 g/mol. The monoisotopic (exact) mass is 225 g/mol. The van der Waals surface area contributed by atoms with Crippen LogP contribution in [0.3, 0.4) is 0 Å². The lowest BCUT2D eigenvalue weighted by atomic mass is 10.0.